The first-order chi connectivity index (χ1) is 9.73. The largest absolute Gasteiger partial charge is 0.316 e. The third kappa shape index (κ3) is 3.62. The Morgan fingerprint density at radius 1 is 1.05 bits per heavy atom. The van der Waals surface area contributed by atoms with Crippen LogP contribution in [0, 0.1) is 5.41 Å². The van der Waals surface area contributed by atoms with E-state index >= 15 is 0 Å². The van der Waals surface area contributed by atoms with Crippen molar-refractivity contribution >= 4 is 0 Å². The summed E-state index contributed by atoms with van der Waals surface area (Å²) >= 11 is 0. The van der Waals surface area contributed by atoms with Crippen molar-refractivity contribution < 1.29 is 0 Å². The Kier molecular flexibility index (Phi) is 5.62. The zero-order valence-electron chi connectivity index (χ0n) is 13.4. The maximum Gasteiger partial charge on any atom is 0.0240 e. The number of fused-ring (bicyclic) bond motifs is 1. The number of benzene rings is 1. The molecule has 1 aliphatic heterocycles. The van der Waals surface area contributed by atoms with Gasteiger partial charge >= 0.3 is 0 Å². The summed E-state index contributed by atoms with van der Waals surface area (Å²) in [5, 5.41) is 3.65. The van der Waals surface area contributed by atoms with Gasteiger partial charge < -0.3 is 5.32 Å². The molecule has 2 rings (SSSR count). The summed E-state index contributed by atoms with van der Waals surface area (Å²) in [6.45, 7) is 12.7. The number of rotatable bonds is 8. The molecule has 1 aromatic carbocycles. The fourth-order valence-corrected chi connectivity index (χ4v) is 3.30. The van der Waals surface area contributed by atoms with Crippen molar-refractivity contribution in [2.75, 3.05) is 19.6 Å². The standard InChI is InChI=1S/C18H30N2/c1-4-11-19-14-18(5-2,6-3)15-20-12-16-9-7-8-10-17(16)13-20/h7-10,19H,4-6,11-15H2,1-3H3. The highest BCUT2D eigenvalue weighted by molar-refractivity contribution is 5.30. The molecule has 0 aliphatic carbocycles. The molecule has 2 nitrogen and oxygen atoms in total. The lowest BCUT2D eigenvalue weighted by Crippen LogP contribution is -2.42. The normalized spacial score (nSPS) is 15.6. The molecule has 1 aromatic rings. The number of hydrogen-bond donors (Lipinski definition) is 1. The van der Waals surface area contributed by atoms with E-state index in [9.17, 15) is 0 Å². The van der Waals surface area contributed by atoms with E-state index in [4.69, 9.17) is 0 Å². The van der Waals surface area contributed by atoms with Crippen LogP contribution in [0.2, 0.25) is 0 Å². The summed E-state index contributed by atoms with van der Waals surface area (Å²) < 4.78 is 0. The lowest BCUT2D eigenvalue weighted by atomic mass is 9.81. The van der Waals surface area contributed by atoms with Gasteiger partial charge in [-0.1, -0.05) is 45.0 Å². The van der Waals surface area contributed by atoms with Crippen LogP contribution in [-0.2, 0) is 13.1 Å². The summed E-state index contributed by atoms with van der Waals surface area (Å²) in [5.41, 5.74) is 3.47. The quantitative estimate of drug-likeness (QED) is 0.725. The molecule has 1 N–H and O–H groups in total. The van der Waals surface area contributed by atoms with Gasteiger partial charge in [-0.25, -0.2) is 0 Å². The molecule has 0 amide bonds. The summed E-state index contributed by atoms with van der Waals surface area (Å²) in [4.78, 5) is 2.63. The van der Waals surface area contributed by atoms with E-state index in [1.165, 1.54) is 36.9 Å². The number of nitrogens with zero attached hydrogens (tertiary/aromatic N) is 1. The highest BCUT2D eigenvalue weighted by Crippen LogP contribution is 2.31. The van der Waals surface area contributed by atoms with Crippen LogP contribution in [0.1, 0.15) is 51.2 Å². The van der Waals surface area contributed by atoms with Crippen LogP contribution in [0.5, 0.6) is 0 Å². The molecule has 0 bridgehead atoms. The highest BCUT2D eigenvalue weighted by atomic mass is 15.1. The van der Waals surface area contributed by atoms with Crippen molar-refractivity contribution in [1.82, 2.24) is 10.2 Å². The molecule has 0 spiro atoms. The SMILES string of the molecule is CCCNCC(CC)(CC)CN1Cc2ccccc2C1. The van der Waals surface area contributed by atoms with Crippen LogP contribution in [0.4, 0.5) is 0 Å². The minimum atomic E-state index is 0.428. The highest BCUT2D eigenvalue weighted by Gasteiger charge is 2.30. The van der Waals surface area contributed by atoms with Gasteiger partial charge in [-0.15, -0.1) is 0 Å². The van der Waals surface area contributed by atoms with Crippen molar-refractivity contribution in [3.8, 4) is 0 Å². The van der Waals surface area contributed by atoms with E-state index < -0.39 is 0 Å². The van der Waals surface area contributed by atoms with E-state index in [1.807, 2.05) is 0 Å². The van der Waals surface area contributed by atoms with Crippen LogP contribution in [0.3, 0.4) is 0 Å². The molecular formula is C18H30N2. The van der Waals surface area contributed by atoms with E-state index in [0.29, 0.717) is 5.41 Å². The van der Waals surface area contributed by atoms with Crippen molar-refractivity contribution in [2.45, 2.75) is 53.1 Å². The van der Waals surface area contributed by atoms with Gasteiger partial charge in [0.1, 0.15) is 0 Å². The molecule has 1 heterocycles. The van der Waals surface area contributed by atoms with Crippen LogP contribution >= 0.6 is 0 Å². The van der Waals surface area contributed by atoms with Gasteiger partial charge in [0.2, 0.25) is 0 Å². The Bertz CT molecular complexity index is 385. The first kappa shape index (κ1) is 15.5. The second-order valence-electron chi connectivity index (χ2n) is 6.30. The zero-order chi connectivity index (χ0) is 14.4. The number of hydrogen-bond acceptors (Lipinski definition) is 2. The smallest absolute Gasteiger partial charge is 0.0240 e. The van der Waals surface area contributed by atoms with Gasteiger partial charge in [0.25, 0.3) is 0 Å². The van der Waals surface area contributed by atoms with Gasteiger partial charge in [0.15, 0.2) is 0 Å². The van der Waals surface area contributed by atoms with Crippen LogP contribution in [0.15, 0.2) is 24.3 Å². The third-order valence-electron chi connectivity index (χ3n) is 4.89. The molecule has 0 atom stereocenters. The average Bonchev–Trinajstić information content (AvgIpc) is 2.88. The fourth-order valence-electron chi connectivity index (χ4n) is 3.30. The fraction of sp³-hybridized carbons (Fsp3) is 0.667. The monoisotopic (exact) mass is 274 g/mol. The predicted octanol–water partition coefficient (Wildman–Crippen LogP) is 3.81. The molecule has 0 unspecified atom stereocenters. The van der Waals surface area contributed by atoms with E-state index in [1.54, 1.807) is 0 Å². The molecule has 0 saturated carbocycles. The van der Waals surface area contributed by atoms with Crippen molar-refractivity contribution in [3.63, 3.8) is 0 Å². The van der Waals surface area contributed by atoms with Crippen molar-refractivity contribution in [2.24, 2.45) is 5.41 Å². The molecule has 1 aliphatic rings. The maximum atomic E-state index is 3.65. The molecule has 0 fully saturated rings. The lowest BCUT2D eigenvalue weighted by molar-refractivity contribution is 0.134. The minimum absolute atomic E-state index is 0.428. The second-order valence-corrected chi connectivity index (χ2v) is 6.30. The van der Waals surface area contributed by atoms with Gasteiger partial charge in [0.05, 0.1) is 0 Å². The Morgan fingerprint density at radius 3 is 2.15 bits per heavy atom. The topological polar surface area (TPSA) is 15.3 Å². The van der Waals surface area contributed by atoms with Crippen molar-refractivity contribution in [3.05, 3.63) is 35.4 Å². The predicted molar refractivity (Wildman–Crippen MR) is 86.7 cm³/mol. The molecule has 0 saturated heterocycles. The Labute approximate surface area is 124 Å². The minimum Gasteiger partial charge on any atom is -0.316 e. The van der Waals surface area contributed by atoms with Crippen molar-refractivity contribution in [1.29, 1.82) is 0 Å². The van der Waals surface area contributed by atoms with Crippen LogP contribution < -0.4 is 5.32 Å². The van der Waals surface area contributed by atoms with E-state index in [0.717, 1.165) is 26.2 Å². The molecular weight excluding hydrogens is 244 g/mol. The Hall–Kier alpha value is -0.860. The molecule has 2 heteroatoms. The van der Waals surface area contributed by atoms with Crippen LogP contribution in [-0.4, -0.2) is 24.5 Å². The summed E-state index contributed by atoms with van der Waals surface area (Å²) in [5.74, 6) is 0. The zero-order valence-corrected chi connectivity index (χ0v) is 13.4. The van der Waals surface area contributed by atoms with Gasteiger partial charge in [-0.2, -0.15) is 0 Å². The first-order valence-corrected chi connectivity index (χ1v) is 8.23. The Balaban J connectivity index is 1.96. The van der Waals surface area contributed by atoms with E-state index in [-0.39, 0.29) is 0 Å². The first-order valence-electron chi connectivity index (χ1n) is 8.23. The number of nitrogens with one attached hydrogen (secondary N) is 1. The summed E-state index contributed by atoms with van der Waals surface area (Å²) in [6, 6.07) is 8.89. The maximum absolute atomic E-state index is 3.65. The average molecular weight is 274 g/mol. The molecule has 20 heavy (non-hydrogen) atoms. The summed E-state index contributed by atoms with van der Waals surface area (Å²) in [6.07, 6.45) is 3.73. The van der Waals surface area contributed by atoms with Gasteiger partial charge in [-0.05, 0) is 42.3 Å². The van der Waals surface area contributed by atoms with Gasteiger partial charge in [0, 0.05) is 26.2 Å². The molecule has 0 radical (unpaired) electrons. The third-order valence-corrected chi connectivity index (χ3v) is 4.89. The lowest BCUT2D eigenvalue weighted by Gasteiger charge is -2.36. The van der Waals surface area contributed by atoms with Crippen LogP contribution in [0.25, 0.3) is 0 Å². The molecule has 112 valence electrons. The second kappa shape index (κ2) is 7.24. The summed E-state index contributed by atoms with van der Waals surface area (Å²) in [7, 11) is 0. The molecule has 0 aromatic heterocycles. The van der Waals surface area contributed by atoms with Gasteiger partial charge in [-0.3, -0.25) is 4.90 Å². The Morgan fingerprint density at radius 2 is 1.65 bits per heavy atom. The van der Waals surface area contributed by atoms with E-state index in [2.05, 4.69) is 55.3 Å².